The van der Waals surface area contributed by atoms with E-state index in [1.807, 2.05) is 10.6 Å². The molecule has 0 unspecified atom stereocenters. The summed E-state index contributed by atoms with van der Waals surface area (Å²) in [7, 11) is 2.10. The molecule has 0 radical (unpaired) electrons. The van der Waals surface area contributed by atoms with Gasteiger partial charge in [-0.25, -0.2) is 4.98 Å². The maximum Gasteiger partial charge on any atom is 0.276 e. The number of rotatable bonds is 4. The van der Waals surface area contributed by atoms with Crippen molar-refractivity contribution in [2.24, 2.45) is 13.0 Å². The highest BCUT2D eigenvalue weighted by Crippen LogP contribution is 2.36. The third-order valence-electron chi connectivity index (χ3n) is 7.10. The Bertz CT molecular complexity index is 1440. The zero-order chi connectivity index (χ0) is 23.2. The predicted octanol–water partition coefficient (Wildman–Crippen LogP) is 3.00. The Balaban J connectivity index is 1.23. The number of nitrogens with one attached hydrogen (secondary N) is 1. The minimum absolute atomic E-state index is 0.146. The van der Waals surface area contributed by atoms with Crippen LogP contribution in [0.3, 0.4) is 0 Å². The summed E-state index contributed by atoms with van der Waals surface area (Å²) in [6.07, 6.45) is 7.68. The molecule has 4 aromatic rings. The first-order valence-corrected chi connectivity index (χ1v) is 11.6. The standard InChI is InChI=1S/C26H26N6O2/c1-30-14-19(20-4-2-3-5-24(20)30)16-31-12-17-10-18(15-31)23-7-6-21(26(34)32(23)13-17)29-25(33)22-11-27-8-9-28-22/h2-9,11,14,17-18H,10,12-13,15-16H2,1H3,(H,29,33)/t17-,18-/m1/s1. The first-order valence-electron chi connectivity index (χ1n) is 11.6. The van der Waals surface area contributed by atoms with E-state index in [1.165, 1.54) is 35.1 Å². The number of carbonyl (C=O) groups excluding carboxylic acids is 1. The summed E-state index contributed by atoms with van der Waals surface area (Å²) in [5.41, 5.74) is 3.98. The van der Waals surface area contributed by atoms with Crippen LogP contribution in [0.25, 0.3) is 10.9 Å². The molecule has 0 saturated carbocycles. The van der Waals surface area contributed by atoms with Gasteiger partial charge in [-0.3, -0.25) is 19.5 Å². The summed E-state index contributed by atoms with van der Waals surface area (Å²) >= 11 is 0. The molecule has 1 saturated heterocycles. The van der Waals surface area contributed by atoms with Crippen LogP contribution in [0, 0.1) is 5.92 Å². The molecular weight excluding hydrogens is 428 g/mol. The maximum atomic E-state index is 13.2. The second kappa shape index (κ2) is 8.22. The minimum Gasteiger partial charge on any atom is -0.350 e. The van der Waals surface area contributed by atoms with Crippen LogP contribution in [-0.2, 0) is 20.1 Å². The fourth-order valence-corrected chi connectivity index (χ4v) is 5.66. The van der Waals surface area contributed by atoms with E-state index in [4.69, 9.17) is 0 Å². The van der Waals surface area contributed by atoms with Crippen LogP contribution in [0.2, 0.25) is 0 Å². The number of amides is 1. The second-order valence-electron chi connectivity index (χ2n) is 9.41. The number of anilines is 1. The molecule has 34 heavy (non-hydrogen) atoms. The summed E-state index contributed by atoms with van der Waals surface area (Å²) in [5, 5.41) is 4.02. The number of nitrogens with zero attached hydrogens (tertiary/aromatic N) is 5. The van der Waals surface area contributed by atoms with Gasteiger partial charge in [-0.05, 0) is 36.1 Å². The highest BCUT2D eigenvalue weighted by molar-refractivity contribution is 6.02. The summed E-state index contributed by atoms with van der Waals surface area (Å²) in [4.78, 5) is 36.2. The Labute approximate surface area is 196 Å². The monoisotopic (exact) mass is 454 g/mol. The van der Waals surface area contributed by atoms with Crippen LogP contribution in [0.5, 0.6) is 0 Å². The van der Waals surface area contributed by atoms with E-state index < -0.39 is 5.91 Å². The number of hydrogen-bond acceptors (Lipinski definition) is 5. The van der Waals surface area contributed by atoms with Crippen molar-refractivity contribution in [3.63, 3.8) is 0 Å². The van der Waals surface area contributed by atoms with Gasteiger partial charge >= 0.3 is 0 Å². The molecule has 5 heterocycles. The molecule has 172 valence electrons. The minimum atomic E-state index is -0.428. The zero-order valence-electron chi connectivity index (χ0n) is 19.0. The van der Waals surface area contributed by atoms with Crippen molar-refractivity contribution in [3.8, 4) is 0 Å². The molecule has 0 aliphatic carbocycles. The smallest absolute Gasteiger partial charge is 0.276 e. The summed E-state index contributed by atoms with van der Waals surface area (Å²) in [5.74, 6) is 0.285. The molecule has 2 aliphatic rings. The van der Waals surface area contributed by atoms with Gasteiger partial charge in [0.2, 0.25) is 0 Å². The van der Waals surface area contributed by atoms with Crippen LogP contribution in [0.1, 0.15) is 34.1 Å². The molecule has 1 fully saturated rings. The Morgan fingerprint density at radius 3 is 2.85 bits per heavy atom. The lowest BCUT2D eigenvalue weighted by molar-refractivity contribution is 0.102. The van der Waals surface area contributed by atoms with Crippen molar-refractivity contribution in [1.29, 1.82) is 0 Å². The third-order valence-corrected chi connectivity index (χ3v) is 7.10. The highest BCUT2D eigenvalue weighted by Gasteiger charge is 2.35. The normalized spacial score (nSPS) is 19.7. The molecule has 8 heteroatoms. The number of aromatic nitrogens is 4. The fourth-order valence-electron chi connectivity index (χ4n) is 5.66. The number of fused-ring (bicyclic) bond motifs is 5. The van der Waals surface area contributed by atoms with E-state index in [9.17, 15) is 9.59 Å². The molecule has 1 amide bonds. The number of pyridine rings is 1. The number of para-hydroxylation sites is 1. The van der Waals surface area contributed by atoms with Crippen molar-refractivity contribution in [1.82, 2.24) is 24.0 Å². The lowest BCUT2D eigenvalue weighted by atomic mass is 9.83. The molecule has 6 rings (SSSR count). The molecular formula is C26H26N6O2. The number of hydrogen-bond donors (Lipinski definition) is 1. The van der Waals surface area contributed by atoms with E-state index in [-0.39, 0.29) is 16.9 Å². The Morgan fingerprint density at radius 2 is 2.00 bits per heavy atom. The van der Waals surface area contributed by atoms with E-state index in [2.05, 4.69) is 62.3 Å². The van der Waals surface area contributed by atoms with Crippen molar-refractivity contribution < 1.29 is 4.79 Å². The van der Waals surface area contributed by atoms with Gasteiger partial charge in [-0.2, -0.15) is 0 Å². The maximum absolute atomic E-state index is 13.2. The quantitative estimate of drug-likeness (QED) is 0.512. The van der Waals surface area contributed by atoms with Gasteiger partial charge in [0.1, 0.15) is 11.4 Å². The fraction of sp³-hybridized carbons (Fsp3) is 0.308. The number of aryl methyl sites for hydroxylation is 1. The Morgan fingerprint density at radius 1 is 1.12 bits per heavy atom. The van der Waals surface area contributed by atoms with E-state index in [0.717, 1.165) is 31.7 Å². The van der Waals surface area contributed by atoms with Gasteiger partial charge in [0.25, 0.3) is 11.5 Å². The largest absolute Gasteiger partial charge is 0.350 e. The lowest BCUT2D eigenvalue weighted by Gasteiger charge is -2.43. The van der Waals surface area contributed by atoms with E-state index >= 15 is 0 Å². The van der Waals surface area contributed by atoms with Crippen LogP contribution < -0.4 is 10.9 Å². The number of likely N-dealkylation sites (tertiary alicyclic amines) is 1. The Hall–Kier alpha value is -3.78. The summed E-state index contributed by atoms with van der Waals surface area (Å²) < 4.78 is 4.06. The number of carbonyl (C=O) groups is 1. The Kier molecular flexibility index (Phi) is 5.03. The average Bonchev–Trinajstić information content (AvgIpc) is 3.17. The lowest BCUT2D eigenvalue weighted by Crippen LogP contribution is -2.47. The topological polar surface area (TPSA) is 85.1 Å². The molecule has 1 N–H and O–H groups in total. The zero-order valence-corrected chi connectivity index (χ0v) is 19.0. The first-order chi connectivity index (χ1) is 16.6. The van der Waals surface area contributed by atoms with E-state index in [1.54, 1.807) is 6.07 Å². The highest BCUT2D eigenvalue weighted by atomic mass is 16.2. The molecule has 8 nitrogen and oxygen atoms in total. The second-order valence-corrected chi connectivity index (χ2v) is 9.41. The van der Waals surface area contributed by atoms with Gasteiger partial charge in [0.05, 0.1) is 6.20 Å². The first kappa shape index (κ1) is 20.8. The predicted molar refractivity (Wildman–Crippen MR) is 130 cm³/mol. The average molecular weight is 455 g/mol. The summed E-state index contributed by atoms with van der Waals surface area (Å²) in [6.45, 7) is 3.46. The summed E-state index contributed by atoms with van der Waals surface area (Å²) in [6, 6.07) is 12.3. The van der Waals surface area contributed by atoms with Gasteiger partial charge in [-0.1, -0.05) is 18.2 Å². The molecule has 2 aliphatic heterocycles. The van der Waals surface area contributed by atoms with Gasteiger partial charge in [0.15, 0.2) is 0 Å². The molecule has 1 aromatic carbocycles. The van der Waals surface area contributed by atoms with Crippen molar-refractivity contribution >= 4 is 22.5 Å². The number of piperidine rings is 1. The molecule has 2 atom stereocenters. The van der Waals surface area contributed by atoms with E-state index in [0.29, 0.717) is 18.4 Å². The van der Waals surface area contributed by atoms with Crippen LogP contribution in [0.15, 0.2) is 66.0 Å². The van der Waals surface area contributed by atoms with Crippen molar-refractivity contribution in [2.75, 3.05) is 18.4 Å². The van der Waals surface area contributed by atoms with Crippen LogP contribution >= 0.6 is 0 Å². The third kappa shape index (κ3) is 3.60. The molecule has 2 bridgehead atoms. The van der Waals surface area contributed by atoms with Crippen LogP contribution in [0.4, 0.5) is 5.69 Å². The van der Waals surface area contributed by atoms with Crippen molar-refractivity contribution in [3.05, 3.63) is 88.5 Å². The van der Waals surface area contributed by atoms with Crippen LogP contribution in [-0.4, -0.2) is 43.0 Å². The SMILES string of the molecule is Cn1cc(CN2C[C@H]3C[C@H](C2)c2ccc(NC(=O)c4cnccn4)c(=O)n2C3)c2ccccc21. The van der Waals surface area contributed by atoms with Gasteiger partial charge in [-0.15, -0.1) is 0 Å². The van der Waals surface area contributed by atoms with Crippen molar-refractivity contribution in [2.45, 2.75) is 25.4 Å². The molecule has 0 spiro atoms. The van der Waals surface area contributed by atoms with Gasteiger partial charge < -0.3 is 14.5 Å². The number of benzene rings is 1. The van der Waals surface area contributed by atoms with Gasteiger partial charge in [0, 0.05) is 74.3 Å². The molecule has 3 aromatic heterocycles.